The van der Waals surface area contributed by atoms with Crippen LogP contribution in [-0.2, 0) is 0 Å². The second-order valence-corrected chi connectivity index (χ2v) is 7.08. The molecule has 0 saturated heterocycles. The number of thioether (sulfide) groups is 1. The number of nitriles is 1. The number of aromatic nitrogens is 1. The number of amides is 1. The van der Waals surface area contributed by atoms with Gasteiger partial charge in [0, 0.05) is 5.56 Å². The molecule has 0 aliphatic heterocycles. The predicted molar refractivity (Wildman–Crippen MR) is 116 cm³/mol. The van der Waals surface area contributed by atoms with Crippen molar-refractivity contribution in [2.45, 2.75) is 5.03 Å². The Labute approximate surface area is 177 Å². The van der Waals surface area contributed by atoms with Crippen molar-refractivity contribution >= 4 is 35.0 Å². The number of para-hydroxylation sites is 2. The summed E-state index contributed by atoms with van der Waals surface area (Å²) in [5, 5.41) is 12.5. The molecule has 30 heavy (non-hydrogen) atoms. The van der Waals surface area contributed by atoms with Crippen LogP contribution in [0.2, 0.25) is 0 Å². The number of Topliss-reactive ketones (excluding diaryl/α,β-unsaturated/α-hetero) is 1. The fourth-order valence-corrected chi connectivity index (χ4v) is 3.52. The lowest BCUT2D eigenvalue weighted by atomic mass is 10.1. The van der Waals surface area contributed by atoms with Gasteiger partial charge in [-0.1, -0.05) is 54.2 Å². The van der Waals surface area contributed by atoms with Gasteiger partial charge in [-0.05, 0) is 18.2 Å². The number of nitrogen functional groups attached to an aromatic ring is 1. The first-order valence-electron chi connectivity index (χ1n) is 8.89. The van der Waals surface area contributed by atoms with Crippen LogP contribution in [0.3, 0.4) is 0 Å². The maximum atomic E-state index is 12.7. The SMILES string of the molecule is COc1ccccc1NC(=O)c1cc(C#N)c(SCC(=O)c2ccccc2)nc1N. The van der Waals surface area contributed by atoms with Crippen LogP contribution in [0.15, 0.2) is 65.7 Å². The lowest BCUT2D eigenvalue weighted by Crippen LogP contribution is -2.16. The number of hydrogen-bond acceptors (Lipinski definition) is 7. The summed E-state index contributed by atoms with van der Waals surface area (Å²) in [6, 6.07) is 19.2. The van der Waals surface area contributed by atoms with E-state index in [4.69, 9.17) is 10.5 Å². The predicted octanol–water partition coefficient (Wildman–Crippen LogP) is 3.77. The van der Waals surface area contributed by atoms with Gasteiger partial charge in [-0.2, -0.15) is 5.26 Å². The number of nitrogens with one attached hydrogen (secondary N) is 1. The van der Waals surface area contributed by atoms with Gasteiger partial charge in [0.1, 0.15) is 22.7 Å². The number of benzene rings is 2. The molecule has 1 heterocycles. The zero-order valence-electron chi connectivity index (χ0n) is 16.1. The summed E-state index contributed by atoms with van der Waals surface area (Å²) in [5.74, 6) is -0.0564. The number of pyridine rings is 1. The van der Waals surface area contributed by atoms with E-state index in [0.717, 1.165) is 11.8 Å². The van der Waals surface area contributed by atoms with Gasteiger partial charge in [0.15, 0.2) is 5.78 Å². The van der Waals surface area contributed by atoms with Gasteiger partial charge in [0.25, 0.3) is 5.91 Å². The van der Waals surface area contributed by atoms with Crippen LogP contribution in [0.5, 0.6) is 5.75 Å². The van der Waals surface area contributed by atoms with Crippen molar-refractivity contribution in [1.82, 2.24) is 4.98 Å². The van der Waals surface area contributed by atoms with Crippen molar-refractivity contribution < 1.29 is 14.3 Å². The Bertz CT molecular complexity index is 1130. The number of rotatable bonds is 7. The minimum Gasteiger partial charge on any atom is -0.495 e. The summed E-state index contributed by atoms with van der Waals surface area (Å²) < 4.78 is 5.22. The number of nitrogens with zero attached hydrogens (tertiary/aromatic N) is 2. The summed E-state index contributed by atoms with van der Waals surface area (Å²) >= 11 is 1.10. The fraction of sp³-hybridized carbons (Fsp3) is 0.0909. The minimum absolute atomic E-state index is 0.0314. The molecule has 1 aromatic heterocycles. The van der Waals surface area contributed by atoms with Gasteiger partial charge in [0.05, 0.1) is 29.7 Å². The van der Waals surface area contributed by atoms with Gasteiger partial charge in [-0.3, -0.25) is 9.59 Å². The Kier molecular flexibility index (Phi) is 6.67. The molecule has 0 aliphatic carbocycles. The molecule has 0 fully saturated rings. The van der Waals surface area contributed by atoms with Crippen molar-refractivity contribution in [3.8, 4) is 11.8 Å². The number of nitrogens with two attached hydrogens (primary N) is 1. The number of ether oxygens (including phenoxy) is 1. The van der Waals surface area contributed by atoms with Gasteiger partial charge >= 0.3 is 0 Å². The Morgan fingerprint density at radius 1 is 1.17 bits per heavy atom. The monoisotopic (exact) mass is 418 g/mol. The molecular weight excluding hydrogens is 400 g/mol. The normalized spacial score (nSPS) is 10.1. The number of carbonyl (C=O) groups is 2. The van der Waals surface area contributed by atoms with Crippen LogP contribution in [-0.4, -0.2) is 29.5 Å². The van der Waals surface area contributed by atoms with Gasteiger partial charge < -0.3 is 15.8 Å². The largest absolute Gasteiger partial charge is 0.495 e. The van der Waals surface area contributed by atoms with Crippen LogP contribution in [0.25, 0.3) is 0 Å². The zero-order chi connectivity index (χ0) is 21.5. The highest BCUT2D eigenvalue weighted by molar-refractivity contribution is 8.00. The third-order valence-corrected chi connectivity index (χ3v) is 5.16. The van der Waals surface area contributed by atoms with Crippen molar-refractivity contribution in [3.63, 3.8) is 0 Å². The van der Waals surface area contributed by atoms with Crippen LogP contribution in [0, 0.1) is 11.3 Å². The molecule has 0 bridgehead atoms. The van der Waals surface area contributed by atoms with Gasteiger partial charge in [-0.25, -0.2) is 4.98 Å². The van der Waals surface area contributed by atoms with Gasteiger partial charge in [0.2, 0.25) is 0 Å². The molecular formula is C22H18N4O3S. The van der Waals surface area contributed by atoms with E-state index in [-0.39, 0.29) is 28.5 Å². The van der Waals surface area contributed by atoms with E-state index in [1.807, 2.05) is 12.1 Å². The van der Waals surface area contributed by atoms with E-state index >= 15 is 0 Å². The van der Waals surface area contributed by atoms with E-state index in [1.165, 1.54) is 13.2 Å². The van der Waals surface area contributed by atoms with E-state index in [1.54, 1.807) is 48.5 Å². The molecule has 2 aromatic carbocycles. The van der Waals surface area contributed by atoms with Crippen molar-refractivity contribution in [2.75, 3.05) is 23.9 Å². The van der Waals surface area contributed by atoms with Gasteiger partial charge in [-0.15, -0.1) is 0 Å². The summed E-state index contributed by atoms with van der Waals surface area (Å²) in [6.07, 6.45) is 0. The third-order valence-electron chi connectivity index (χ3n) is 4.17. The lowest BCUT2D eigenvalue weighted by molar-refractivity contribution is 0.101. The van der Waals surface area contributed by atoms with Crippen LogP contribution in [0.1, 0.15) is 26.3 Å². The average Bonchev–Trinajstić information content (AvgIpc) is 2.78. The van der Waals surface area contributed by atoms with Crippen LogP contribution in [0.4, 0.5) is 11.5 Å². The fourth-order valence-electron chi connectivity index (χ4n) is 2.66. The summed E-state index contributed by atoms with van der Waals surface area (Å²) in [6.45, 7) is 0. The summed E-state index contributed by atoms with van der Waals surface area (Å²) in [4.78, 5) is 29.2. The zero-order valence-corrected chi connectivity index (χ0v) is 16.9. The number of carbonyl (C=O) groups excluding carboxylic acids is 2. The minimum atomic E-state index is -0.516. The van der Waals surface area contributed by atoms with Crippen LogP contribution >= 0.6 is 11.8 Å². The highest BCUT2D eigenvalue weighted by Gasteiger charge is 2.18. The van der Waals surface area contributed by atoms with Crippen molar-refractivity contribution in [1.29, 1.82) is 5.26 Å². The van der Waals surface area contributed by atoms with E-state index < -0.39 is 5.91 Å². The quantitative estimate of drug-likeness (QED) is 0.443. The summed E-state index contributed by atoms with van der Waals surface area (Å²) in [5.41, 5.74) is 7.25. The molecule has 0 unspecified atom stereocenters. The average molecular weight is 418 g/mol. The van der Waals surface area contributed by atoms with E-state index in [9.17, 15) is 14.9 Å². The molecule has 150 valence electrons. The number of anilines is 2. The van der Waals surface area contributed by atoms with E-state index in [2.05, 4.69) is 10.3 Å². The Morgan fingerprint density at radius 3 is 2.57 bits per heavy atom. The number of methoxy groups -OCH3 is 1. The third kappa shape index (κ3) is 4.77. The molecule has 1 amide bonds. The van der Waals surface area contributed by atoms with Crippen LogP contribution < -0.4 is 15.8 Å². The van der Waals surface area contributed by atoms with E-state index in [0.29, 0.717) is 22.0 Å². The first-order chi connectivity index (χ1) is 14.5. The first kappa shape index (κ1) is 20.9. The molecule has 0 atom stereocenters. The first-order valence-corrected chi connectivity index (χ1v) is 9.88. The Balaban J connectivity index is 1.79. The highest BCUT2D eigenvalue weighted by Crippen LogP contribution is 2.27. The van der Waals surface area contributed by atoms with Crippen molar-refractivity contribution in [2.24, 2.45) is 0 Å². The second-order valence-electron chi connectivity index (χ2n) is 6.12. The molecule has 3 N–H and O–H groups in total. The molecule has 3 rings (SSSR count). The maximum Gasteiger partial charge on any atom is 0.259 e. The maximum absolute atomic E-state index is 12.7. The second kappa shape index (κ2) is 9.58. The molecule has 0 radical (unpaired) electrons. The number of ketones is 1. The Hall–Kier alpha value is -3.83. The van der Waals surface area contributed by atoms with Crippen molar-refractivity contribution in [3.05, 3.63) is 77.4 Å². The standard InChI is InChI=1S/C22H18N4O3S/c1-29-19-10-6-5-9-17(19)25-21(28)16-11-15(12-23)22(26-20(16)24)30-13-18(27)14-7-3-2-4-8-14/h2-11H,13H2,1H3,(H2,24,26)(H,25,28). The Morgan fingerprint density at radius 2 is 1.87 bits per heavy atom. The molecule has 0 saturated carbocycles. The smallest absolute Gasteiger partial charge is 0.259 e. The molecule has 8 heteroatoms. The lowest BCUT2D eigenvalue weighted by Gasteiger charge is -2.12. The molecule has 7 nitrogen and oxygen atoms in total. The molecule has 0 aliphatic rings. The number of hydrogen-bond donors (Lipinski definition) is 2. The highest BCUT2D eigenvalue weighted by atomic mass is 32.2. The summed E-state index contributed by atoms with van der Waals surface area (Å²) in [7, 11) is 1.50. The molecule has 3 aromatic rings. The topological polar surface area (TPSA) is 118 Å². The molecule has 0 spiro atoms.